The molecule has 1 fully saturated rings. The third kappa shape index (κ3) is 3.54. The lowest BCUT2D eigenvalue weighted by Gasteiger charge is -2.14. The molecule has 0 aliphatic carbocycles. The van der Waals surface area contributed by atoms with Gasteiger partial charge in [-0.1, -0.05) is 0 Å². The number of sulfone groups is 1. The van der Waals surface area contributed by atoms with Crippen molar-refractivity contribution in [3.8, 4) is 0 Å². The van der Waals surface area contributed by atoms with Crippen molar-refractivity contribution in [2.45, 2.75) is 25.0 Å². The summed E-state index contributed by atoms with van der Waals surface area (Å²) in [6, 6.07) is 1.29. The molecule has 100 valence electrons. The molecule has 0 radical (unpaired) electrons. The van der Waals surface area contributed by atoms with Crippen LogP contribution in [0.25, 0.3) is 0 Å². The van der Waals surface area contributed by atoms with E-state index in [-0.39, 0.29) is 17.4 Å². The van der Waals surface area contributed by atoms with E-state index in [1.165, 1.54) is 0 Å². The molecule has 2 atom stereocenters. The number of carbonyl (C=O) groups is 1. The molecule has 2 rings (SSSR count). The van der Waals surface area contributed by atoms with Crippen molar-refractivity contribution in [2.75, 3.05) is 11.5 Å². The number of aliphatic hydroxyl groups excluding tert-OH is 1. The van der Waals surface area contributed by atoms with Gasteiger partial charge in [0, 0.05) is 6.42 Å². The molecule has 0 aromatic carbocycles. The largest absolute Gasteiger partial charge is 0.390 e. The molecular formula is C11H15NO4S2. The van der Waals surface area contributed by atoms with Crippen molar-refractivity contribution in [3.63, 3.8) is 0 Å². The van der Waals surface area contributed by atoms with Gasteiger partial charge < -0.3 is 10.4 Å². The first-order valence-electron chi connectivity index (χ1n) is 5.65. The zero-order chi connectivity index (χ0) is 13.2. The quantitative estimate of drug-likeness (QED) is 0.814. The zero-order valence-corrected chi connectivity index (χ0v) is 11.3. The minimum Gasteiger partial charge on any atom is -0.390 e. The summed E-state index contributed by atoms with van der Waals surface area (Å²) in [6.07, 6.45) is -0.0506. The summed E-state index contributed by atoms with van der Waals surface area (Å²) < 4.78 is 22.5. The maximum absolute atomic E-state index is 11.6. The van der Waals surface area contributed by atoms with Crippen LogP contribution in [0.4, 0.5) is 0 Å². The summed E-state index contributed by atoms with van der Waals surface area (Å²) in [4.78, 5) is 11.6. The topological polar surface area (TPSA) is 83.5 Å². The van der Waals surface area contributed by atoms with Crippen LogP contribution in [0.1, 0.15) is 12.0 Å². The smallest absolute Gasteiger partial charge is 0.220 e. The molecule has 0 spiro atoms. The van der Waals surface area contributed by atoms with Crippen LogP contribution in [0.15, 0.2) is 16.8 Å². The molecule has 1 aromatic rings. The van der Waals surface area contributed by atoms with Crippen LogP contribution in [0.2, 0.25) is 0 Å². The van der Waals surface area contributed by atoms with Crippen molar-refractivity contribution in [2.24, 2.45) is 0 Å². The fraction of sp³-hybridized carbons (Fsp3) is 0.545. The number of hydrogen-bond acceptors (Lipinski definition) is 5. The predicted octanol–water partition coefficient (Wildman–Crippen LogP) is -0.0452. The second-order valence-electron chi connectivity index (χ2n) is 4.45. The zero-order valence-electron chi connectivity index (χ0n) is 9.70. The molecule has 1 amide bonds. The van der Waals surface area contributed by atoms with Gasteiger partial charge in [0.2, 0.25) is 5.91 Å². The third-order valence-electron chi connectivity index (χ3n) is 2.89. The van der Waals surface area contributed by atoms with E-state index >= 15 is 0 Å². The Morgan fingerprint density at radius 2 is 2.28 bits per heavy atom. The van der Waals surface area contributed by atoms with Crippen LogP contribution in [0.3, 0.4) is 0 Å². The molecule has 2 heterocycles. The van der Waals surface area contributed by atoms with Crippen LogP contribution in [0.5, 0.6) is 0 Å². The Balaban J connectivity index is 1.81. The first kappa shape index (κ1) is 13.5. The molecular weight excluding hydrogens is 274 g/mol. The second kappa shape index (κ2) is 5.38. The molecule has 2 N–H and O–H groups in total. The van der Waals surface area contributed by atoms with Crippen LogP contribution in [-0.2, 0) is 21.1 Å². The van der Waals surface area contributed by atoms with Crippen LogP contribution >= 0.6 is 11.3 Å². The summed E-state index contributed by atoms with van der Waals surface area (Å²) in [6.45, 7) is 0. The average Bonchev–Trinajstić information content (AvgIpc) is 2.84. The number of aryl methyl sites for hydroxylation is 1. The number of amides is 1. The molecule has 0 saturated carbocycles. The molecule has 0 bridgehead atoms. The maximum atomic E-state index is 11.6. The molecule has 1 aliphatic heterocycles. The van der Waals surface area contributed by atoms with E-state index in [0.717, 1.165) is 5.56 Å². The summed E-state index contributed by atoms with van der Waals surface area (Å²) >= 11 is 1.57. The van der Waals surface area contributed by atoms with Gasteiger partial charge in [-0.25, -0.2) is 8.42 Å². The van der Waals surface area contributed by atoms with Crippen molar-refractivity contribution in [3.05, 3.63) is 22.4 Å². The van der Waals surface area contributed by atoms with Crippen molar-refractivity contribution < 1.29 is 18.3 Å². The number of rotatable bonds is 4. The molecule has 5 nitrogen and oxygen atoms in total. The number of hydrogen-bond donors (Lipinski definition) is 2. The fourth-order valence-electron chi connectivity index (χ4n) is 1.94. The Morgan fingerprint density at radius 3 is 2.83 bits per heavy atom. The molecule has 0 unspecified atom stereocenters. The van der Waals surface area contributed by atoms with E-state index in [2.05, 4.69) is 5.32 Å². The van der Waals surface area contributed by atoms with Gasteiger partial charge >= 0.3 is 0 Å². The second-order valence-corrected chi connectivity index (χ2v) is 7.38. The van der Waals surface area contributed by atoms with E-state index in [1.807, 2.05) is 16.8 Å². The minimum absolute atomic E-state index is 0.168. The van der Waals surface area contributed by atoms with Crippen molar-refractivity contribution in [1.82, 2.24) is 5.32 Å². The standard InChI is InChI=1S/C11H15NO4S2/c13-10-7-18(15,16)6-9(10)12-11(14)2-1-8-3-4-17-5-8/h3-5,9-10,13H,1-2,6-7H2,(H,12,14)/t9-,10-/m1/s1. The Hall–Kier alpha value is -0.920. The fourth-order valence-corrected chi connectivity index (χ4v) is 4.38. The number of aliphatic hydroxyl groups is 1. The van der Waals surface area contributed by atoms with Crippen LogP contribution < -0.4 is 5.32 Å². The van der Waals surface area contributed by atoms with Gasteiger partial charge in [0.05, 0.1) is 23.7 Å². The van der Waals surface area contributed by atoms with Gasteiger partial charge in [0.1, 0.15) is 0 Å². The summed E-state index contributed by atoms with van der Waals surface area (Å²) in [5, 5.41) is 16.0. The number of carbonyl (C=O) groups excluding carboxylic acids is 1. The van der Waals surface area contributed by atoms with Gasteiger partial charge in [-0.2, -0.15) is 11.3 Å². The Kier molecular flexibility index (Phi) is 4.04. The highest BCUT2D eigenvalue weighted by atomic mass is 32.2. The van der Waals surface area contributed by atoms with E-state index in [4.69, 9.17) is 0 Å². The van der Waals surface area contributed by atoms with Gasteiger partial charge in [-0.3, -0.25) is 4.79 Å². The Labute approximate surface area is 110 Å². The highest BCUT2D eigenvalue weighted by Gasteiger charge is 2.37. The molecule has 1 aliphatic rings. The predicted molar refractivity (Wildman–Crippen MR) is 69.2 cm³/mol. The highest BCUT2D eigenvalue weighted by Crippen LogP contribution is 2.13. The van der Waals surface area contributed by atoms with Crippen molar-refractivity contribution in [1.29, 1.82) is 0 Å². The lowest BCUT2D eigenvalue weighted by Crippen LogP contribution is -2.42. The van der Waals surface area contributed by atoms with E-state index in [0.29, 0.717) is 12.8 Å². The maximum Gasteiger partial charge on any atom is 0.220 e. The molecule has 1 saturated heterocycles. The highest BCUT2D eigenvalue weighted by molar-refractivity contribution is 7.91. The third-order valence-corrected chi connectivity index (χ3v) is 5.34. The number of nitrogens with one attached hydrogen (secondary N) is 1. The first-order chi connectivity index (χ1) is 8.46. The minimum atomic E-state index is -3.21. The summed E-state index contributed by atoms with van der Waals surface area (Å²) in [5.74, 6) is -0.650. The van der Waals surface area contributed by atoms with Gasteiger partial charge in [-0.15, -0.1) is 0 Å². The summed E-state index contributed by atoms with van der Waals surface area (Å²) in [5.41, 5.74) is 1.09. The van der Waals surface area contributed by atoms with E-state index in [9.17, 15) is 18.3 Å². The molecule has 7 heteroatoms. The van der Waals surface area contributed by atoms with Gasteiger partial charge in [0.15, 0.2) is 9.84 Å². The van der Waals surface area contributed by atoms with E-state index < -0.39 is 22.0 Å². The molecule has 18 heavy (non-hydrogen) atoms. The van der Waals surface area contributed by atoms with Gasteiger partial charge in [-0.05, 0) is 28.8 Å². The van der Waals surface area contributed by atoms with Gasteiger partial charge in [0.25, 0.3) is 0 Å². The van der Waals surface area contributed by atoms with E-state index in [1.54, 1.807) is 11.3 Å². The van der Waals surface area contributed by atoms with Crippen LogP contribution in [-0.4, -0.2) is 43.1 Å². The number of thiophene rings is 1. The van der Waals surface area contributed by atoms with Crippen molar-refractivity contribution >= 4 is 27.1 Å². The normalized spacial score (nSPS) is 26.1. The summed E-state index contributed by atoms with van der Waals surface area (Å²) in [7, 11) is -3.21. The Bertz CT molecular complexity index is 509. The SMILES string of the molecule is O=C(CCc1ccsc1)N[C@@H]1CS(=O)(=O)C[C@H]1O. The first-order valence-corrected chi connectivity index (χ1v) is 8.41. The Morgan fingerprint density at radius 1 is 1.50 bits per heavy atom. The van der Waals surface area contributed by atoms with Crippen LogP contribution in [0, 0.1) is 0 Å². The lowest BCUT2D eigenvalue weighted by atomic mass is 10.1. The monoisotopic (exact) mass is 289 g/mol. The lowest BCUT2D eigenvalue weighted by molar-refractivity contribution is -0.122. The molecule has 1 aromatic heterocycles. The average molecular weight is 289 g/mol.